The third-order valence-electron chi connectivity index (χ3n) is 3.58. The summed E-state index contributed by atoms with van der Waals surface area (Å²) in [5, 5.41) is 12.0. The minimum atomic E-state index is 0.0742. The predicted octanol–water partition coefficient (Wildman–Crippen LogP) is 1.64. The van der Waals surface area contributed by atoms with Gasteiger partial charge in [-0.05, 0) is 18.1 Å². The van der Waals surface area contributed by atoms with E-state index in [0.717, 1.165) is 5.56 Å². The van der Waals surface area contributed by atoms with Crippen LogP contribution in [0.5, 0.6) is 17.2 Å². The molecular weight excluding hydrogens is 288 g/mol. The Morgan fingerprint density at radius 1 is 1.55 bits per heavy atom. The zero-order valence-electron chi connectivity index (χ0n) is 13.0. The number of carbonyl (C=O) groups excluding carboxylic acids is 1. The van der Waals surface area contributed by atoms with Gasteiger partial charge >= 0.3 is 0 Å². The number of methoxy groups -OCH3 is 1. The molecule has 1 N–H and O–H groups in total. The highest BCUT2D eigenvalue weighted by Gasteiger charge is 2.24. The van der Waals surface area contributed by atoms with Gasteiger partial charge in [-0.15, -0.1) is 0 Å². The number of ether oxygens (including phenoxy) is 3. The fourth-order valence-electron chi connectivity index (χ4n) is 2.37. The second-order valence-electron chi connectivity index (χ2n) is 4.88. The van der Waals surface area contributed by atoms with E-state index in [-0.39, 0.29) is 12.7 Å². The maximum Gasteiger partial charge on any atom is 0.231 e. The van der Waals surface area contributed by atoms with Crippen LogP contribution in [0.1, 0.15) is 24.5 Å². The number of hydrogen-bond acceptors (Lipinski definition) is 6. The number of hydrogen-bond donors (Lipinski definition) is 1. The van der Waals surface area contributed by atoms with Crippen LogP contribution in [0.15, 0.2) is 11.2 Å². The van der Waals surface area contributed by atoms with Gasteiger partial charge in [-0.3, -0.25) is 4.79 Å². The fraction of sp³-hybridized carbons (Fsp3) is 0.467. The van der Waals surface area contributed by atoms with Gasteiger partial charge in [-0.2, -0.15) is 0 Å². The van der Waals surface area contributed by atoms with Crippen LogP contribution < -0.4 is 14.2 Å². The predicted molar refractivity (Wildman–Crippen MR) is 80.1 cm³/mol. The van der Waals surface area contributed by atoms with Gasteiger partial charge in [0.25, 0.3) is 0 Å². The molecule has 1 amide bonds. The zero-order chi connectivity index (χ0) is 16.1. The number of rotatable bonds is 6. The molecule has 7 heteroatoms. The first-order chi connectivity index (χ1) is 10.6. The Kier molecular flexibility index (Phi) is 5.08. The molecule has 22 heavy (non-hydrogen) atoms. The molecule has 2 rings (SSSR count). The Morgan fingerprint density at radius 3 is 2.95 bits per heavy atom. The SMILES string of the molecule is CCC(=O)N(C)CCc1cc2c(c(OC)c1/C=N/O)OCO2. The first-order valence-corrected chi connectivity index (χ1v) is 7.03. The molecule has 1 aliphatic heterocycles. The third-order valence-corrected chi connectivity index (χ3v) is 3.58. The molecule has 7 nitrogen and oxygen atoms in total. The molecule has 1 aliphatic rings. The van der Waals surface area contributed by atoms with Crippen LogP contribution >= 0.6 is 0 Å². The lowest BCUT2D eigenvalue weighted by Crippen LogP contribution is -2.28. The van der Waals surface area contributed by atoms with Crippen LogP contribution in [0, 0.1) is 0 Å². The number of amides is 1. The fourth-order valence-corrected chi connectivity index (χ4v) is 2.37. The van der Waals surface area contributed by atoms with Crippen molar-refractivity contribution in [2.45, 2.75) is 19.8 Å². The van der Waals surface area contributed by atoms with Gasteiger partial charge in [-0.1, -0.05) is 12.1 Å². The molecule has 0 saturated carbocycles. The van der Waals surface area contributed by atoms with E-state index in [0.29, 0.717) is 42.2 Å². The number of carbonyl (C=O) groups is 1. The first-order valence-electron chi connectivity index (χ1n) is 7.03. The van der Waals surface area contributed by atoms with E-state index in [1.165, 1.54) is 13.3 Å². The largest absolute Gasteiger partial charge is 0.492 e. The summed E-state index contributed by atoms with van der Waals surface area (Å²) in [6.07, 6.45) is 2.35. The molecule has 0 radical (unpaired) electrons. The molecule has 0 aliphatic carbocycles. The molecule has 0 unspecified atom stereocenters. The zero-order valence-corrected chi connectivity index (χ0v) is 13.0. The van der Waals surface area contributed by atoms with Gasteiger partial charge in [-0.25, -0.2) is 0 Å². The van der Waals surface area contributed by atoms with E-state index in [2.05, 4.69) is 5.16 Å². The van der Waals surface area contributed by atoms with Crippen molar-refractivity contribution in [1.82, 2.24) is 4.90 Å². The number of nitrogens with zero attached hydrogens (tertiary/aromatic N) is 2. The summed E-state index contributed by atoms with van der Waals surface area (Å²) in [5.41, 5.74) is 1.47. The molecule has 0 saturated heterocycles. The van der Waals surface area contributed by atoms with E-state index in [1.54, 1.807) is 11.9 Å². The lowest BCUT2D eigenvalue weighted by molar-refractivity contribution is -0.129. The van der Waals surface area contributed by atoms with E-state index in [4.69, 9.17) is 19.4 Å². The minimum Gasteiger partial charge on any atom is -0.492 e. The standard InChI is InChI=1S/C15H20N2O5/c1-4-13(18)17(2)6-5-10-7-12-15(22-9-21-12)14(20-3)11(10)8-16-19/h7-8,19H,4-6,9H2,1-3H3/b16-8+. The first kappa shape index (κ1) is 15.9. The van der Waals surface area contributed by atoms with Crippen molar-refractivity contribution >= 4 is 12.1 Å². The Bertz CT molecular complexity index is 586. The molecular formula is C15H20N2O5. The van der Waals surface area contributed by atoms with Crippen molar-refractivity contribution in [1.29, 1.82) is 0 Å². The quantitative estimate of drug-likeness (QED) is 0.491. The second kappa shape index (κ2) is 7.02. The molecule has 0 atom stereocenters. The van der Waals surface area contributed by atoms with E-state index in [1.807, 2.05) is 13.0 Å². The number of benzene rings is 1. The van der Waals surface area contributed by atoms with Crippen molar-refractivity contribution < 1.29 is 24.2 Å². The van der Waals surface area contributed by atoms with Gasteiger partial charge in [0.15, 0.2) is 11.5 Å². The van der Waals surface area contributed by atoms with Crippen LogP contribution in [0.25, 0.3) is 0 Å². The maximum absolute atomic E-state index is 11.6. The molecule has 0 aromatic heterocycles. The summed E-state index contributed by atoms with van der Waals surface area (Å²) in [5.74, 6) is 1.63. The normalized spacial score (nSPS) is 12.7. The van der Waals surface area contributed by atoms with Gasteiger partial charge in [0, 0.05) is 25.6 Å². The second-order valence-corrected chi connectivity index (χ2v) is 4.88. The summed E-state index contributed by atoms with van der Waals surface area (Å²) in [6.45, 7) is 2.49. The molecule has 1 aromatic carbocycles. The van der Waals surface area contributed by atoms with Gasteiger partial charge in [0.05, 0.1) is 13.3 Å². The molecule has 0 spiro atoms. The van der Waals surface area contributed by atoms with Crippen molar-refractivity contribution in [2.75, 3.05) is 27.5 Å². The van der Waals surface area contributed by atoms with Gasteiger partial charge in [0.2, 0.25) is 18.4 Å². The summed E-state index contributed by atoms with van der Waals surface area (Å²) in [6, 6.07) is 1.83. The summed E-state index contributed by atoms with van der Waals surface area (Å²) in [7, 11) is 3.28. The van der Waals surface area contributed by atoms with Crippen molar-refractivity contribution in [3.8, 4) is 17.2 Å². The molecule has 1 aromatic rings. The average molecular weight is 308 g/mol. The smallest absolute Gasteiger partial charge is 0.231 e. The molecule has 120 valence electrons. The van der Waals surface area contributed by atoms with Crippen LogP contribution in [0.3, 0.4) is 0 Å². The van der Waals surface area contributed by atoms with Crippen molar-refractivity contribution in [2.24, 2.45) is 5.16 Å². The summed E-state index contributed by atoms with van der Waals surface area (Å²) in [4.78, 5) is 13.3. The highest BCUT2D eigenvalue weighted by Crippen LogP contribution is 2.44. The van der Waals surface area contributed by atoms with Crippen LogP contribution in [0.2, 0.25) is 0 Å². The van der Waals surface area contributed by atoms with E-state index >= 15 is 0 Å². The number of oxime groups is 1. The Balaban J connectivity index is 2.32. The monoisotopic (exact) mass is 308 g/mol. The van der Waals surface area contributed by atoms with Gasteiger partial charge in [0.1, 0.15) is 0 Å². The van der Waals surface area contributed by atoms with Crippen molar-refractivity contribution in [3.63, 3.8) is 0 Å². The third kappa shape index (κ3) is 3.08. The maximum atomic E-state index is 11.6. The number of likely N-dealkylation sites (N-methyl/N-ethyl adjacent to an activating group) is 1. The van der Waals surface area contributed by atoms with Crippen molar-refractivity contribution in [3.05, 3.63) is 17.2 Å². The minimum absolute atomic E-state index is 0.0742. The van der Waals surface area contributed by atoms with E-state index < -0.39 is 0 Å². The Hall–Kier alpha value is -2.44. The highest BCUT2D eigenvalue weighted by atomic mass is 16.7. The Morgan fingerprint density at radius 2 is 2.32 bits per heavy atom. The van der Waals surface area contributed by atoms with Gasteiger partial charge < -0.3 is 24.3 Å². The molecule has 0 bridgehead atoms. The summed E-state index contributed by atoms with van der Waals surface area (Å²) >= 11 is 0. The molecule has 1 heterocycles. The van der Waals surface area contributed by atoms with E-state index in [9.17, 15) is 4.79 Å². The molecule has 0 fully saturated rings. The average Bonchev–Trinajstić information content (AvgIpc) is 2.99. The topological polar surface area (TPSA) is 80.6 Å². The lowest BCUT2D eigenvalue weighted by atomic mass is 10.0. The Labute approximate surface area is 129 Å². The number of fused-ring (bicyclic) bond motifs is 1. The van der Waals surface area contributed by atoms with Crippen LogP contribution in [0.4, 0.5) is 0 Å². The summed E-state index contributed by atoms with van der Waals surface area (Å²) < 4.78 is 16.2. The lowest BCUT2D eigenvalue weighted by Gasteiger charge is -2.18. The van der Waals surface area contributed by atoms with Crippen LogP contribution in [-0.2, 0) is 11.2 Å². The van der Waals surface area contributed by atoms with Crippen LogP contribution in [-0.4, -0.2) is 49.7 Å². The highest BCUT2D eigenvalue weighted by molar-refractivity contribution is 5.88.